The molecule has 3 nitrogen and oxygen atoms in total. The topological polar surface area (TPSA) is 47.3 Å². The fourth-order valence-corrected chi connectivity index (χ4v) is 1.63. The lowest BCUT2D eigenvalue weighted by Crippen LogP contribution is -2.29. The Morgan fingerprint density at radius 2 is 2.25 bits per heavy atom. The molecule has 0 aliphatic rings. The van der Waals surface area contributed by atoms with E-state index >= 15 is 0 Å². The van der Waals surface area contributed by atoms with Gasteiger partial charge in [0.1, 0.15) is 5.75 Å². The van der Waals surface area contributed by atoms with Gasteiger partial charge in [0, 0.05) is 18.2 Å². The molecule has 0 bridgehead atoms. The lowest BCUT2D eigenvalue weighted by atomic mass is 10.1. The third kappa shape index (κ3) is 3.36. The van der Waals surface area contributed by atoms with Crippen LogP contribution in [0.4, 0.5) is 0 Å². The summed E-state index contributed by atoms with van der Waals surface area (Å²) in [6, 6.07) is 8.08. The number of nitrogens with two attached hydrogens (primary N) is 1. The molecule has 0 fully saturated rings. The maximum atomic E-state index is 5.77. The summed E-state index contributed by atoms with van der Waals surface area (Å²) >= 11 is 0. The van der Waals surface area contributed by atoms with Crippen molar-refractivity contribution in [3.05, 3.63) is 42.5 Å². The van der Waals surface area contributed by atoms with Crippen LogP contribution in [0, 0.1) is 0 Å². The minimum Gasteiger partial charge on any atom is -0.496 e. The Hall–Kier alpha value is -1.32. The number of nitrogens with one attached hydrogen (secondary N) is 1. The van der Waals surface area contributed by atoms with Gasteiger partial charge in [-0.2, -0.15) is 0 Å². The van der Waals surface area contributed by atoms with Crippen molar-refractivity contribution in [2.75, 3.05) is 20.2 Å². The molecule has 0 amide bonds. The fourth-order valence-electron chi connectivity index (χ4n) is 1.63. The van der Waals surface area contributed by atoms with Crippen LogP contribution >= 0.6 is 0 Å². The van der Waals surface area contributed by atoms with Crippen LogP contribution in [0.15, 0.2) is 36.9 Å². The predicted molar refractivity (Wildman–Crippen MR) is 67.6 cm³/mol. The zero-order valence-electron chi connectivity index (χ0n) is 9.78. The first-order valence-electron chi connectivity index (χ1n) is 5.50. The van der Waals surface area contributed by atoms with Crippen molar-refractivity contribution in [2.45, 2.75) is 12.5 Å². The molecule has 88 valence electrons. The SMILES string of the molecule is C=CCCNC(CN)c1ccccc1OC. The zero-order chi connectivity index (χ0) is 11.8. The molecule has 0 aliphatic carbocycles. The van der Waals surface area contributed by atoms with E-state index in [2.05, 4.69) is 11.9 Å². The summed E-state index contributed by atoms with van der Waals surface area (Å²) in [5.41, 5.74) is 6.87. The minimum atomic E-state index is 0.135. The van der Waals surface area contributed by atoms with Crippen LogP contribution in [0.25, 0.3) is 0 Å². The monoisotopic (exact) mass is 220 g/mol. The van der Waals surface area contributed by atoms with Gasteiger partial charge in [0.05, 0.1) is 7.11 Å². The van der Waals surface area contributed by atoms with Gasteiger partial charge >= 0.3 is 0 Å². The van der Waals surface area contributed by atoms with Crippen molar-refractivity contribution >= 4 is 0 Å². The van der Waals surface area contributed by atoms with Gasteiger partial charge < -0.3 is 15.8 Å². The summed E-state index contributed by atoms with van der Waals surface area (Å²) < 4.78 is 5.32. The van der Waals surface area contributed by atoms with E-state index in [0.717, 1.165) is 24.3 Å². The van der Waals surface area contributed by atoms with Gasteiger partial charge in [-0.25, -0.2) is 0 Å². The number of hydrogen-bond donors (Lipinski definition) is 2. The lowest BCUT2D eigenvalue weighted by molar-refractivity contribution is 0.400. The highest BCUT2D eigenvalue weighted by molar-refractivity contribution is 5.36. The first-order valence-corrected chi connectivity index (χ1v) is 5.50. The van der Waals surface area contributed by atoms with Gasteiger partial charge in [0.15, 0.2) is 0 Å². The summed E-state index contributed by atoms with van der Waals surface area (Å²) in [5.74, 6) is 0.879. The Morgan fingerprint density at radius 1 is 1.50 bits per heavy atom. The molecule has 1 atom stereocenters. The van der Waals surface area contributed by atoms with Crippen LogP contribution in [0.2, 0.25) is 0 Å². The molecule has 16 heavy (non-hydrogen) atoms. The van der Waals surface area contributed by atoms with Crippen molar-refractivity contribution in [1.29, 1.82) is 0 Å². The lowest BCUT2D eigenvalue weighted by Gasteiger charge is -2.19. The molecule has 0 saturated carbocycles. The zero-order valence-corrected chi connectivity index (χ0v) is 9.78. The van der Waals surface area contributed by atoms with Crippen molar-refractivity contribution in [3.63, 3.8) is 0 Å². The average molecular weight is 220 g/mol. The smallest absolute Gasteiger partial charge is 0.123 e. The Balaban J connectivity index is 2.73. The van der Waals surface area contributed by atoms with Crippen LogP contribution < -0.4 is 15.8 Å². The molecule has 3 N–H and O–H groups in total. The average Bonchev–Trinajstić information content (AvgIpc) is 2.35. The summed E-state index contributed by atoms with van der Waals surface area (Å²) in [4.78, 5) is 0. The van der Waals surface area contributed by atoms with Gasteiger partial charge in [0.2, 0.25) is 0 Å². The van der Waals surface area contributed by atoms with Crippen LogP contribution in [-0.2, 0) is 0 Å². The van der Waals surface area contributed by atoms with Crippen molar-refractivity contribution in [1.82, 2.24) is 5.32 Å². The fraction of sp³-hybridized carbons (Fsp3) is 0.385. The molecule has 1 aromatic carbocycles. The maximum Gasteiger partial charge on any atom is 0.123 e. The number of hydrogen-bond acceptors (Lipinski definition) is 3. The van der Waals surface area contributed by atoms with Gasteiger partial charge in [-0.15, -0.1) is 6.58 Å². The van der Waals surface area contributed by atoms with E-state index in [1.165, 1.54) is 0 Å². The van der Waals surface area contributed by atoms with Crippen LogP contribution in [-0.4, -0.2) is 20.2 Å². The van der Waals surface area contributed by atoms with E-state index in [-0.39, 0.29) is 6.04 Å². The molecule has 0 aliphatic heterocycles. The van der Waals surface area contributed by atoms with E-state index in [9.17, 15) is 0 Å². The molecule has 0 aromatic heterocycles. The van der Waals surface area contributed by atoms with Gasteiger partial charge in [-0.3, -0.25) is 0 Å². The molecule has 0 saturated heterocycles. The molecule has 3 heteroatoms. The Labute approximate surface area is 97.3 Å². The number of benzene rings is 1. The summed E-state index contributed by atoms with van der Waals surface area (Å²) in [7, 11) is 1.68. The molecule has 1 aromatic rings. The third-order valence-electron chi connectivity index (χ3n) is 2.49. The highest BCUT2D eigenvalue weighted by Crippen LogP contribution is 2.23. The molecule has 0 spiro atoms. The van der Waals surface area contributed by atoms with E-state index < -0.39 is 0 Å². The molecular formula is C13H20N2O. The quantitative estimate of drug-likeness (QED) is 0.544. The number of rotatable bonds is 7. The summed E-state index contributed by atoms with van der Waals surface area (Å²) in [5, 5.41) is 3.39. The number of methoxy groups -OCH3 is 1. The van der Waals surface area contributed by atoms with E-state index in [1.807, 2.05) is 30.3 Å². The number of ether oxygens (including phenoxy) is 1. The van der Waals surface area contributed by atoms with E-state index in [4.69, 9.17) is 10.5 Å². The highest BCUT2D eigenvalue weighted by atomic mass is 16.5. The summed E-state index contributed by atoms with van der Waals surface area (Å²) in [6.45, 7) is 5.13. The van der Waals surface area contributed by atoms with Gasteiger partial charge in [-0.05, 0) is 19.0 Å². The van der Waals surface area contributed by atoms with Crippen LogP contribution in [0.5, 0.6) is 5.75 Å². The van der Waals surface area contributed by atoms with Crippen molar-refractivity contribution in [2.24, 2.45) is 5.73 Å². The Kier molecular flexibility index (Phi) is 5.61. The van der Waals surface area contributed by atoms with Gasteiger partial charge in [-0.1, -0.05) is 24.3 Å². The molecular weight excluding hydrogens is 200 g/mol. The van der Waals surface area contributed by atoms with Crippen molar-refractivity contribution in [3.8, 4) is 5.75 Å². The minimum absolute atomic E-state index is 0.135. The second-order valence-electron chi connectivity index (χ2n) is 3.56. The van der Waals surface area contributed by atoms with E-state index in [0.29, 0.717) is 6.54 Å². The Bertz CT molecular complexity index is 325. The molecule has 1 unspecified atom stereocenters. The first kappa shape index (κ1) is 12.7. The standard InChI is InChI=1S/C13H20N2O/c1-3-4-9-15-12(10-14)11-7-5-6-8-13(11)16-2/h3,5-8,12,15H,1,4,9-10,14H2,2H3. The van der Waals surface area contributed by atoms with Crippen molar-refractivity contribution < 1.29 is 4.74 Å². The maximum absolute atomic E-state index is 5.77. The number of para-hydroxylation sites is 1. The molecule has 0 heterocycles. The van der Waals surface area contributed by atoms with E-state index in [1.54, 1.807) is 7.11 Å². The molecule has 0 radical (unpaired) electrons. The first-order chi connectivity index (χ1) is 7.83. The predicted octanol–water partition coefficient (Wildman–Crippen LogP) is 1.86. The van der Waals surface area contributed by atoms with Crippen LogP contribution in [0.3, 0.4) is 0 Å². The summed E-state index contributed by atoms with van der Waals surface area (Å²) in [6.07, 6.45) is 2.83. The van der Waals surface area contributed by atoms with Crippen LogP contribution in [0.1, 0.15) is 18.0 Å². The third-order valence-corrected chi connectivity index (χ3v) is 2.49. The van der Waals surface area contributed by atoms with Gasteiger partial charge in [0.25, 0.3) is 0 Å². The second kappa shape index (κ2) is 7.04. The molecule has 1 rings (SSSR count). The largest absolute Gasteiger partial charge is 0.496 e. The highest BCUT2D eigenvalue weighted by Gasteiger charge is 2.12. The Morgan fingerprint density at radius 3 is 2.88 bits per heavy atom. The normalized spacial score (nSPS) is 12.1. The second-order valence-corrected chi connectivity index (χ2v) is 3.56.